The number of nitrogens with one attached hydrogen (secondary N) is 1. The number of alkyl halides is 3. The van der Waals surface area contributed by atoms with E-state index in [4.69, 9.17) is 5.11 Å². The van der Waals surface area contributed by atoms with Crippen LogP contribution in [0.1, 0.15) is 19.8 Å². The van der Waals surface area contributed by atoms with Crippen molar-refractivity contribution < 1.29 is 23.1 Å². The van der Waals surface area contributed by atoms with Gasteiger partial charge in [-0.25, -0.2) is 4.79 Å². The average molecular weight is 210 g/mol. The third-order valence-corrected chi connectivity index (χ3v) is 2.21. The summed E-state index contributed by atoms with van der Waals surface area (Å²) in [5, 5.41) is 11.8. The lowest BCUT2D eigenvalue weighted by atomic mass is 9.92. The van der Waals surface area contributed by atoms with Gasteiger partial charge in [-0.05, 0) is 6.42 Å². The Labute approximate surface area is 77.8 Å². The van der Waals surface area contributed by atoms with E-state index in [-0.39, 0.29) is 6.42 Å². The molecule has 0 unspecified atom stereocenters. The molecule has 0 amide bonds. The second kappa shape index (κ2) is 3.14. The largest absolute Gasteiger partial charge is 0.479 e. The molecular weight excluding hydrogens is 201 g/mol. The first-order valence-corrected chi connectivity index (χ1v) is 3.96. The summed E-state index contributed by atoms with van der Waals surface area (Å²) in [6.45, 7) is 1.50. The van der Waals surface area contributed by atoms with Gasteiger partial charge in [0.2, 0.25) is 0 Å². The van der Waals surface area contributed by atoms with Gasteiger partial charge < -0.3 is 5.11 Å². The molecule has 0 bridgehead atoms. The van der Waals surface area contributed by atoms with Gasteiger partial charge in [-0.2, -0.15) is 18.3 Å². The van der Waals surface area contributed by atoms with E-state index in [0.29, 0.717) is 0 Å². The first-order chi connectivity index (χ1) is 6.32. The molecule has 80 valence electrons. The Morgan fingerprint density at radius 1 is 1.71 bits per heavy atom. The van der Waals surface area contributed by atoms with Crippen LogP contribution in [-0.2, 0) is 4.79 Å². The lowest BCUT2D eigenvalue weighted by molar-refractivity contribution is -0.144. The van der Waals surface area contributed by atoms with Crippen molar-refractivity contribution in [2.24, 2.45) is 5.10 Å². The molecule has 0 aromatic carbocycles. The second-order valence-corrected chi connectivity index (χ2v) is 3.09. The highest BCUT2D eigenvalue weighted by molar-refractivity contribution is 5.97. The van der Waals surface area contributed by atoms with E-state index < -0.39 is 29.8 Å². The Morgan fingerprint density at radius 3 is 2.50 bits per heavy atom. The van der Waals surface area contributed by atoms with Crippen LogP contribution in [0.2, 0.25) is 0 Å². The molecule has 0 spiro atoms. The van der Waals surface area contributed by atoms with Crippen molar-refractivity contribution in [2.75, 3.05) is 0 Å². The molecule has 14 heavy (non-hydrogen) atoms. The molecule has 1 atom stereocenters. The summed E-state index contributed by atoms with van der Waals surface area (Å²) < 4.78 is 36.4. The molecule has 2 N–H and O–H groups in total. The topological polar surface area (TPSA) is 61.7 Å². The van der Waals surface area contributed by atoms with Crippen LogP contribution >= 0.6 is 0 Å². The van der Waals surface area contributed by atoms with Crippen molar-refractivity contribution in [3.63, 3.8) is 0 Å². The van der Waals surface area contributed by atoms with E-state index >= 15 is 0 Å². The van der Waals surface area contributed by atoms with Gasteiger partial charge in [-0.3, -0.25) is 5.43 Å². The van der Waals surface area contributed by atoms with E-state index in [1.54, 1.807) is 0 Å². The summed E-state index contributed by atoms with van der Waals surface area (Å²) in [4.78, 5) is 10.7. The summed E-state index contributed by atoms with van der Waals surface area (Å²) in [6, 6.07) is 0. The predicted octanol–water partition coefficient (Wildman–Crippen LogP) is 1.13. The predicted molar refractivity (Wildman–Crippen MR) is 41.9 cm³/mol. The van der Waals surface area contributed by atoms with Crippen molar-refractivity contribution in [2.45, 2.75) is 31.5 Å². The van der Waals surface area contributed by atoms with Gasteiger partial charge in [-0.1, -0.05) is 6.92 Å². The number of hydrogen-bond acceptors (Lipinski definition) is 3. The summed E-state index contributed by atoms with van der Waals surface area (Å²) in [6.07, 6.45) is -5.13. The van der Waals surface area contributed by atoms with Crippen molar-refractivity contribution in [3.05, 3.63) is 0 Å². The number of carbonyl (C=O) groups is 1. The highest BCUT2D eigenvalue weighted by atomic mass is 19.4. The molecule has 1 aliphatic heterocycles. The molecule has 7 heteroatoms. The molecule has 1 heterocycles. The summed E-state index contributed by atoms with van der Waals surface area (Å²) in [7, 11) is 0. The Kier molecular flexibility index (Phi) is 2.43. The van der Waals surface area contributed by atoms with Crippen molar-refractivity contribution in [1.82, 2.24) is 5.43 Å². The number of carboxylic acid groups (broad SMARTS) is 1. The van der Waals surface area contributed by atoms with E-state index in [0.717, 1.165) is 0 Å². The highest BCUT2D eigenvalue weighted by Gasteiger charge is 2.49. The van der Waals surface area contributed by atoms with Crippen LogP contribution in [0.15, 0.2) is 5.10 Å². The number of carboxylic acids is 1. The third-order valence-electron chi connectivity index (χ3n) is 2.21. The molecule has 1 aliphatic rings. The maximum absolute atomic E-state index is 12.1. The van der Waals surface area contributed by atoms with Crippen LogP contribution in [0.3, 0.4) is 0 Å². The fourth-order valence-corrected chi connectivity index (χ4v) is 1.18. The van der Waals surface area contributed by atoms with Gasteiger partial charge in [0.25, 0.3) is 0 Å². The summed E-state index contributed by atoms with van der Waals surface area (Å²) >= 11 is 0. The smallest absolute Gasteiger partial charge is 0.431 e. The molecule has 0 aromatic rings. The Bertz CT molecular complexity index is 287. The minimum atomic E-state index is -4.56. The molecule has 4 nitrogen and oxygen atoms in total. The van der Waals surface area contributed by atoms with Crippen LogP contribution < -0.4 is 5.43 Å². The standard InChI is InChI=1S/C7H9F3N2O2/c1-2-6(5(13)14)3-4(11-12-6)7(8,9)10/h12H,2-3H2,1H3,(H,13,14)/t6-/m0/s1. The summed E-state index contributed by atoms with van der Waals surface area (Å²) in [5.41, 5.74) is -0.616. The Morgan fingerprint density at radius 2 is 2.29 bits per heavy atom. The molecule has 1 rings (SSSR count). The molecule has 0 radical (unpaired) electrons. The van der Waals surface area contributed by atoms with Gasteiger partial charge in [0.05, 0.1) is 0 Å². The van der Waals surface area contributed by atoms with Gasteiger partial charge in [0.15, 0.2) is 5.54 Å². The van der Waals surface area contributed by atoms with Crippen molar-refractivity contribution >= 4 is 11.7 Å². The fourth-order valence-electron chi connectivity index (χ4n) is 1.18. The minimum absolute atomic E-state index is 0.0470. The normalized spacial score (nSPS) is 27.0. The van der Waals surface area contributed by atoms with E-state index in [1.165, 1.54) is 6.92 Å². The minimum Gasteiger partial charge on any atom is -0.479 e. The molecule has 0 aromatic heterocycles. The maximum Gasteiger partial charge on any atom is 0.431 e. The van der Waals surface area contributed by atoms with Gasteiger partial charge in [-0.15, -0.1) is 0 Å². The van der Waals surface area contributed by atoms with E-state index in [1.807, 2.05) is 5.43 Å². The summed E-state index contributed by atoms with van der Waals surface area (Å²) in [5.74, 6) is -1.32. The zero-order valence-corrected chi connectivity index (χ0v) is 7.35. The number of hydrazone groups is 1. The van der Waals surface area contributed by atoms with Crippen molar-refractivity contribution in [1.29, 1.82) is 0 Å². The van der Waals surface area contributed by atoms with Crippen LogP contribution in [0.4, 0.5) is 13.2 Å². The molecule has 0 saturated heterocycles. The number of rotatable bonds is 2. The SMILES string of the molecule is CC[C@@]1(C(=O)O)CC(C(F)(F)F)=NN1. The quantitative estimate of drug-likeness (QED) is 0.718. The molecule has 0 saturated carbocycles. The van der Waals surface area contributed by atoms with E-state index in [9.17, 15) is 18.0 Å². The number of halogens is 3. The van der Waals surface area contributed by atoms with Gasteiger partial charge >= 0.3 is 12.1 Å². The molecule has 0 fully saturated rings. The highest BCUT2D eigenvalue weighted by Crippen LogP contribution is 2.30. The average Bonchev–Trinajstić information content (AvgIpc) is 2.47. The lowest BCUT2D eigenvalue weighted by Gasteiger charge is -2.21. The first-order valence-electron chi connectivity index (χ1n) is 3.96. The zero-order chi connectivity index (χ0) is 11.0. The molecular formula is C7H9F3N2O2. The van der Waals surface area contributed by atoms with Gasteiger partial charge in [0, 0.05) is 6.42 Å². The number of hydrogen-bond donors (Lipinski definition) is 2. The van der Waals surface area contributed by atoms with Crippen LogP contribution in [0.25, 0.3) is 0 Å². The molecule has 0 aliphatic carbocycles. The number of aliphatic carboxylic acids is 1. The Balaban J connectivity index is 2.83. The van der Waals surface area contributed by atoms with Crippen molar-refractivity contribution in [3.8, 4) is 0 Å². The third kappa shape index (κ3) is 1.66. The maximum atomic E-state index is 12.1. The number of nitrogens with zero attached hydrogens (tertiary/aromatic N) is 1. The lowest BCUT2D eigenvalue weighted by Crippen LogP contribution is -2.47. The fraction of sp³-hybridized carbons (Fsp3) is 0.714. The second-order valence-electron chi connectivity index (χ2n) is 3.09. The zero-order valence-electron chi connectivity index (χ0n) is 7.35. The van der Waals surface area contributed by atoms with Gasteiger partial charge in [0.1, 0.15) is 5.71 Å². The van der Waals surface area contributed by atoms with Crippen LogP contribution in [0.5, 0.6) is 0 Å². The first kappa shape index (κ1) is 10.8. The van der Waals surface area contributed by atoms with Crippen LogP contribution in [-0.4, -0.2) is 28.5 Å². The van der Waals surface area contributed by atoms with E-state index in [2.05, 4.69) is 5.10 Å². The monoisotopic (exact) mass is 210 g/mol. The van der Waals surface area contributed by atoms with Crippen LogP contribution in [0, 0.1) is 0 Å². The Hall–Kier alpha value is -1.27.